The van der Waals surface area contributed by atoms with E-state index in [0.29, 0.717) is 53.6 Å². The average Bonchev–Trinajstić information content (AvgIpc) is 3.30. The normalized spacial score (nSPS) is 21.4. The minimum absolute atomic E-state index is 0.272. The van der Waals surface area contributed by atoms with Crippen LogP contribution in [0.2, 0.25) is 0 Å². The molecule has 1 saturated heterocycles. The van der Waals surface area contributed by atoms with E-state index < -0.39 is 6.09 Å². The number of hydrogen-bond acceptors (Lipinski definition) is 7. The van der Waals surface area contributed by atoms with Gasteiger partial charge in [0.25, 0.3) is 0 Å². The zero-order valence-electron chi connectivity index (χ0n) is 14.6. The number of nitrogens with zero attached hydrogens (tertiary/aromatic N) is 1. The van der Waals surface area contributed by atoms with Gasteiger partial charge >= 0.3 is 6.09 Å². The van der Waals surface area contributed by atoms with Crippen LogP contribution in [0.3, 0.4) is 0 Å². The largest absolute Gasteiger partial charge is 0.492 e. The van der Waals surface area contributed by atoms with E-state index in [-0.39, 0.29) is 18.4 Å². The van der Waals surface area contributed by atoms with Crippen molar-refractivity contribution in [1.29, 1.82) is 5.41 Å². The Morgan fingerprint density at radius 1 is 1.33 bits per heavy atom. The van der Waals surface area contributed by atoms with Crippen LogP contribution in [0.5, 0.6) is 5.75 Å². The highest BCUT2D eigenvalue weighted by atomic mass is 16.6. The number of fused-ring (bicyclic) bond motifs is 1. The van der Waals surface area contributed by atoms with Crippen LogP contribution in [-0.4, -0.2) is 37.6 Å². The smallest absolute Gasteiger partial charge is 0.414 e. The first kappa shape index (κ1) is 17.2. The van der Waals surface area contributed by atoms with Gasteiger partial charge in [0.05, 0.1) is 36.5 Å². The third kappa shape index (κ3) is 3.04. The molecule has 3 heterocycles. The van der Waals surface area contributed by atoms with Gasteiger partial charge in [0.2, 0.25) is 0 Å². The van der Waals surface area contributed by atoms with E-state index in [1.54, 1.807) is 36.6 Å². The molecule has 2 aliphatic rings. The predicted octanol–water partition coefficient (Wildman–Crippen LogP) is 2.08. The maximum absolute atomic E-state index is 12.0. The Bertz CT molecular complexity index is 920. The summed E-state index contributed by atoms with van der Waals surface area (Å²) in [5.74, 6) is 1.06. The number of furan rings is 1. The van der Waals surface area contributed by atoms with Crippen LogP contribution < -0.4 is 21.1 Å². The average molecular weight is 368 g/mol. The van der Waals surface area contributed by atoms with E-state index in [4.69, 9.17) is 30.8 Å². The molecule has 0 spiro atoms. The van der Waals surface area contributed by atoms with Crippen LogP contribution in [-0.2, 0) is 4.74 Å². The van der Waals surface area contributed by atoms with Crippen LogP contribution in [0.4, 0.5) is 10.5 Å². The second kappa shape index (κ2) is 6.81. The molecule has 0 unspecified atom stereocenters. The molecule has 0 bridgehead atoms. The molecule has 8 heteroatoms. The molecular formula is C19H20N4O4. The summed E-state index contributed by atoms with van der Waals surface area (Å²) < 4.78 is 16.4. The monoisotopic (exact) mass is 368 g/mol. The van der Waals surface area contributed by atoms with Gasteiger partial charge in [-0.3, -0.25) is 10.3 Å². The fourth-order valence-corrected chi connectivity index (χ4v) is 3.26. The molecule has 1 amide bonds. The lowest BCUT2D eigenvalue weighted by molar-refractivity contribution is 0.145. The van der Waals surface area contributed by atoms with Gasteiger partial charge in [0.1, 0.15) is 17.6 Å². The van der Waals surface area contributed by atoms with Crippen LogP contribution in [0.25, 0.3) is 5.70 Å². The lowest BCUT2D eigenvalue weighted by Crippen LogP contribution is -2.27. The third-order valence-corrected chi connectivity index (χ3v) is 4.71. The minimum Gasteiger partial charge on any atom is -0.492 e. The van der Waals surface area contributed by atoms with Crippen molar-refractivity contribution in [3.05, 3.63) is 53.5 Å². The molecule has 8 nitrogen and oxygen atoms in total. The van der Waals surface area contributed by atoms with Gasteiger partial charge in [0.15, 0.2) is 0 Å². The summed E-state index contributed by atoms with van der Waals surface area (Å²) in [6.07, 6.45) is 1.27. The van der Waals surface area contributed by atoms with E-state index in [9.17, 15) is 4.79 Å². The SMILES string of the molecule is N=C1C(=C(N)c2ccco2)CCOc2cc(N3C[C@H](CN)OC3=O)ccc21. The highest BCUT2D eigenvalue weighted by Gasteiger charge is 2.32. The lowest BCUT2D eigenvalue weighted by atomic mass is 9.97. The van der Waals surface area contributed by atoms with Crippen molar-refractivity contribution in [2.24, 2.45) is 11.5 Å². The zero-order chi connectivity index (χ0) is 19.0. The summed E-state index contributed by atoms with van der Waals surface area (Å²) in [6.45, 7) is 1.03. The highest BCUT2D eigenvalue weighted by Crippen LogP contribution is 2.34. The van der Waals surface area contributed by atoms with E-state index in [2.05, 4.69) is 0 Å². The predicted molar refractivity (Wildman–Crippen MR) is 99.9 cm³/mol. The van der Waals surface area contributed by atoms with Crippen molar-refractivity contribution >= 4 is 23.2 Å². The first-order valence-corrected chi connectivity index (χ1v) is 8.65. The number of ether oxygens (including phenoxy) is 2. The maximum Gasteiger partial charge on any atom is 0.414 e. The highest BCUT2D eigenvalue weighted by molar-refractivity contribution is 6.16. The molecule has 0 saturated carbocycles. The first-order valence-electron chi connectivity index (χ1n) is 8.65. The zero-order valence-corrected chi connectivity index (χ0v) is 14.6. The fourth-order valence-electron chi connectivity index (χ4n) is 3.26. The molecule has 1 atom stereocenters. The molecule has 2 aliphatic heterocycles. The van der Waals surface area contributed by atoms with Crippen molar-refractivity contribution in [2.75, 3.05) is 24.6 Å². The standard InChI is InChI=1S/C19H20N4O4/c20-9-12-10-23(19(24)27-12)11-3-4-13-16(8-11)26-7-5-14(17(13)21)18(22)15-2-1-6-25-15/h1-4,6,8,12,21H,5,7,9-10,20,22H2/t12-/m0/s1. The number of carbonyl (C=O) groups excluding carboxylic acids is 1. The van der Waals surface area contributed by atoms with Gasteiger partial charge in [-0.1, -0.05) is 0 Å². The van der Waals surface area contributed by atoms with E-state index >= 15 is 0 Å². The second-order valence-electron chi connectivity index (χ2n) is 6.38. The molecule has 1 fully saturated rings. The summed E-state index contributed by atoms with van der Waals surface area (Å²) in [6, 6.07) is 8.79. The molecule has 1 aromatic heterocycles. The van der Waals surface area contributed by atoms with E-state index in [1.807, 2.05) is 0 Å². The molecule has 140 valence electrons. The van der Waals surface area contributed by atoms with Crippen LogP contribution >= 0.6 is 0 Å². The molecule has 2 aromatic rings. The fraction of sp³-hybridized carbons (Fsp3) is 0.263. The van der Waals surface area contributed by atoms with Gasteiger partial charge < -0.3 is 25.4 Å². The van der Waals surface area contributed by atoms with Crippen LogP contribution in [0, 0.1) is 5.41 Å². The van der Waals surface area contributed by atoms with Gasteiger partial charge in [-0.05, 0) is 24.3 Å². The Balaban J connectivity index is 1.68. The Hall–Kier alpha value is -3.26. The van der Waals surface area contributed by atoms with Crippen LogP contribution in [0.1, 0.15) is 17.7 Å². The summed E-state index contributed by atoms with van der Waals surface area (Å²) in [5.41, 5.74) is 14.4. The number of benzene rings is 1. The summed E-state index contributed by atoms with van der Waals surface area (Å²) in [7, 11) is 0. The minimum atomic E-state index is -0.434. The molecule has 4 rings (SSSR count). The Morgan fingerprint density at radius 2 is 2.19 bits per heavy atom. The number of amides is 1. The number of carbonyl (C=O) groups is 1. The number of rotatable bonds is 3. The van der Waals surface area contributed by atoms with Crippen molar-refractivity contribution in [1.82, 2.24) is 0 Å². The van der Waals surface area contributed by atoms with Gasteiger partial charge in [-0.15, -0.1) is 0 Å². The van der Waals surface area contributed by atoms with Gasteiger partial charge in [-0.25, -0.2) is 4.79 Å². The Kier molecular flexibility index (Phi) is 4.33. The number of cyclic esters (lactones) is 1. The van der Waals surface area contributed by atoms with Crippen LogP contribution in [0.15, 0.2) is 46.6 Å². The van der Waals surface area contributed by atoms with E-state index in [0.717, 1.165) is 0 Å². The number of anilines is 1. The molecule has 0 aliphatic carbocycles. The van der Waals surface area contributed by atoms with Crippen molar-refractivity contribution < 1.29 is 18.7 Å². The maximum atomic E-state index is 12.0. The first-order chi connectivity index (χ1) is 13.1. The number of nitrogens with two attached hydrogens (primary N) is 2. The summed E-state index contributed by atoms with van der Waals surface area (Å²) in [5, 5.41) is 8.60. The number of nitrogens with one attached hydrogen (secondary N) is 1. The molecule has 1 aromatic carbocycles. The summed E-state index contributed by atoms with van der Waals surface area (Å²) in [4.78, 5) is 13.6. The summed E-state index contributed by atoms with van der Waals surface area (Å²) >= 11 is 0. The third-order valence-electron chi connectivity index (χ3n) is 4.71. The lowest BCUT2D eigenvalue weighted by Gasteiger charge is -2.16. The van der Waals surface area contributed by atoms with Gasteiger partial charge in [0, 0.05) is 30.2 Å². The number of hydrogen-bond donors (Lipinski definition) is 3. The molecule has 27 heavy (non-hydrogen) atoms. The van der Waals surface area contributed by atoms with Crippen molar-refractivity contribution in [2.45, 2.75) is 12.5 Å². The van der Waals surface area contributed by atoms with E-state index in [1.165, 1.54) is 4.90 Å². The van der Waals surface area contributed by atoms with Crippen molar-refractivity contribution in [3.8, 4) is 5.75 Å². The quantitative estimate of drug-likeness (QED) is 0.761. The van der Waals surface area contributed by atoms with Gasteiger partial charge in [-0.2, -0.15) is 0 Å². The molecular weight excluding hydrogens is 348 g/mol. The molecule has 0 radical (unpaired) electrons. The second-order valence-corrected chi connectivity index (χ2v) is 6.38. The van der Waals surface area contributed by atoms with Crippen molar-refractivity contribution in [3.63, 3.8) is 0 Å². The topological polar surface area (TPSA) is 128 Å². The molecule has 5 N–H and O–H groups in total. The Morgan fingerprint density at radius 3 is 2.89 bits per heavy atom. The Labute approximate surface area is 155 Å².